The summed E-state index contributed by atoms with van der Waals surface area (Å²) in [5.41, 5.74) is 5.48. The average molecular weight is 389 g/mol. The highest BCUT2D eigenvalue weighted by Gasteiger charge is 2.13. The molecule has 28 heavy (non-hydrogen) atoms. The first-order valence-electron chi connectivity index (χ1n) is 8.89. The first-order valence-corrected chi connectivity index (χ1v) is 9.71. The van der Waals surface area contributed by atoms with Gasteiger partial charge in [0.25, 0.3) is 5.56 Å². The van der Waals surface area contributed by atoms with Crippen molar-refractivity contribution in [3.8, 4) is 5.69 Å². The summed E-state index contributed by atoms with van der Waals surface area (Å²) >= 11 is 1.39. The maximum absolute atomic E-state index is 13.3. The van der Waals surface area contributed by atoms with Gasteiger partial charge in [0.15, 0.2) is 4.96 Å². The van der Waals surface area contributed by atoms with Crippen LogP contribution in [0.25, 0.3) is 27.8 Å². The Labute approximate surface area is 163 Å². The number of halogens is 1. The van der Waals surface area contributed by atoms with Crippen LogP contribution >= 0.6 is 11.3 Å². The normalized spacial score (nSPS) is 12.5. The highest BCUT2D eigenvalue weighted by Crippen LogP contribution is 2.22. The third kappa shape index (κ3) is 2.49. The highest BCUT2D eigenvalue weighted by molar-refractivity contribution is 7.15. The monoisotopic (exact) mass is 389 g/mol. The lowest BCUT2D eigenvalue weighted by molar-refractivity contribution is 0.627. The Hall–Kier alpha value is -3.25. The molecule has 4 nitrogen and oxygen atoms in total. The zero-order valence-electron chi connectivity index (χ0n) is 15.3. The predicted molar refractivity (Wildman–Crippen MR) is 111 cm³/mol. The zero-order chi connectivity index (χ0) is 19.4. The number of rotatable bonds is 2. The summed E-state index contributed by atoms with van der Waals surface area (Å²) in [6, 6.07) is 16.1. The number of thiazole rings is 1. The van der Waals surface area contributed by atoms with Gasteiger partial charge in [-0.2, -0.15) is 0 Å². The van der Waals surface area contributed by atoms with Gasteiger partial charge in [-0.1, -0.05) is 23.5 Å². The van der Waals surface area contributed by atoms with Crippen molar-refractivity contribution in [3.05, 3.63) is 92.3 Å². The summed E-state index contributed by atoms with van der Waals surface area (Å²) in [5.74, 6) is -0.261. The van der Waals surface area contributed by atoms with E-state index in [-0.39, 0.29) is 11.4 Å². The number of hydrogen-bond donors (Lipinski definition) is 0. The molecular weight excluding hydrogens is 373 g/mol. The van der Waals surface area contributed by atoms with Crippen molar-refractivity contribution in [1.82, 2.24) is 14.0 Å². The molecular formula is C22H16FN3OS. The molecule has 0 amide bonds. The lowest BCUT2D eigenvalue weighted by Crippen LogP contribution is -2.22. The molecule has 0 saturated heterocycles. The minimum atomic E-state index is -0.261. The molecule has 138 valence electrons. The molecule has 5 aromatic rings. The first-order chi connectivity index (χ1) is 13.5. The lowest BCUT2D eigenvalue weighted by atomic mass is 10.2. The topological polar surface area (TPSA) is 39.3 Å². The van der Waals surface area contributed by atoms with Gasteiger partial charge in [-0.3, -0.25) is 4.79 Å². The zero-order valence-corrected chi connectivity index (χ0v) is 16.1. The van der Waals surface area contributed by atoms with Crippen molar-refractivity contribution in [3.63, 3.8) is 0 Å². The highest BCUT2D eigenvalue weighted by atomic mass is 32.1. The van der Waals surface area contributed by atoms with Gasteiger partial charge in [-0.15, -0.1) is 0 Å². The van der Waals surface area contributed by atoms with Crippen LogP contribution in [-0.2, 0) is 0 Å². The molecule has 0 aliphatic carbocycles. The van der Waals surface area contributed by atoms with Crippen LogP contribution in [0.1, 0.15) is 17.0 Å². The second kappa shape index (κ2) is 6.14. The maximum atomic E-state index is 13.3. The number of aryl methyl sites for hydroxylation is 1. The van der Waals surface area contributed by atoms with Gasteiger partial charge in [0, 0.05) is 17.1 Å². The van der Waals surface area contributed by atoms with E-state index in [1.165, 1.54) is 23.5 Å². The Morgan fingerprint density at radius 2 is 1.82 bits per heavy atom. The van der Waals surface area contributed by atoms with Crippen molar-refractivity contribution in [2.75, 3.05) is 0 Å². The molecule has 0 spiro atoms. The van der Waals surface area contributed by atoms with Crippen molar-refractivity contribution < 1.29 is 4.39 Å². The summed E-state index contributed by atoms with van der Waals surface area (Å²) in [7, 11) is 0. The van der Waals surface area contributed by atoms with E-state index in [4.69, 9.17) is 0 Å². The molecule has 0 fully saturated rings. The predicted octanol–water partition coefficient (Wildman–Crippen LogP) is 4.00. The van der Waals surface area contributed by atoms with Gasteiger partial charge in [0.05, 0.1) is 15.6 Å². The average Bonchev–Trinajstić information content (AvgIpc) is 3.28. The van der Waals surface area contributed by atoms with E-state index in [0.29, 0.717) is 9.49 Å². The summed E-state index contributed by atoms with van der Waals surface area (Å²) in [6.45, 7) is 4.00. The van der Waals surface area contributed by atoms with Gasteiger partial charge in [0.2, 0.25) is 0 Å². The van der Waals surface area contributed by atoms with E-state index < -0.39 is 0 Å². The molecule has 0 atom stereocenters. The number of hydrogen-bond acceptors (Lipinski definition) is 3. The fourth-order valence-electron chi connectivity index (χ4n) is 3.67. The summed E-state index contributed by atoms with van der Waals surface area (Å²) in [4.78, 5) is 18.2. The second-order valence-corrected chi connectivity index (χ2v) is 7.78. The number of aromatic nitrogens is 3. The van der Waals surface area contributed by atoms with Crippen LogP contribution in [0.5, 0.6) is 0 Å². The van der Waals surface area contributed by atoms with Crippen molar-refractivity contribution in [1.29, 1.82) is 0 Å². The summed E-state index contributed by atoms with van der Waals surface area (Å²) < 4.78 is 17.6. The van der Waals surface area contributed by atoms with E-state index in [1.54, 1.807) is 16.5 Å². The van der Waals surface area contributed by atoms with Crippen LogP contribution in [0, 0.1) is 19.7 Å². The number of benzene rings is 2. The van der Waals surface area contributed by atoms with Crippen LogP contribution in [0.4, 0.5) is 4.39 Å². The Morgan fingerprint density at radius 1 is 1.07 bits per heavy atom. The number of nitrogens with zero attached hydrogens (tertiary/aromatic N) is 3. The third-order valence-electron chi connectivity index (χ3n) is 4.99. The summed E-state index contributed by atoms with van der Waals surface area (Å²) in [6.07, 6.45) is 1.92. The molecule has 0 aliphatic rings. The Bertz CT molecular complexity index is 1460. The van der Waals surface area contributed by atoms with Crippen molar-refractivity contribution in [2.24, 2.45) is 0 Å². The molecule has 3 heterocycles. The van der Waals surface area contributed by atoms with Crippen molar-refractivity contribution >= 4 is 33.4 Å². The second-order valence-electron chi connectivity index (χ2n) is 6.77. The van der Waals surface area contributed by atoms with E-state index in [2.05, 4.69) is 9.55 Å². The fourth-order valence-corrected chi connectivity index (χ4v) is 4.65. The maximum Gasteiger partial charge on any atom is 0.274 e. The van der Waals surface area contributed by atoms with Crippen LogP contribution in [0.3, 0.4) is 0 Å². The van der Waals surface area contributed by atoms with E-state index >= 15 is 0 Å². The minimum Gasteiger partial charge on any atom is -0.318 e. The Morgan fingerprint density at radius 3 is 2.61 bits per heavy atom. The molecule has 3 aromatic heterocycles. The number of imidazole rings is 1. The van der Waals surface area contributed by atoms with E-state index in [9.17, 15) is 9.18 Å². The van der Waals surface area contributed by atoms with Crippen LogP contribution < -0.4 is 10.1 Å². The SMILES string of the molecule is Cc1cc(/C=c2\sc3nc4ccccc4n3c2=O)c(C)n1-c1ccc(F)cc1. The Balaban J connectivity index is 1.70. The van der Waals surface area contributed by atoms with E-state index in [0.717, 1.165) is 33.7 Å². The molecule has 0 aliphatic heterocycles. The van der Waals surface area contributed by atoms with Gasteiger partial charge < -0.3 is 4.57 Å². The van der Waals surface area contributed by atoms with Crippen LogP contribution in [-0.4, -0.2) is 14.0 Å². The van der Waals surface area contributed by atoms with Crippen molar-refractivity contribution in [2.45, 2.75) is 13.8 Å². The first kappa shape index (κ1) is 16.9. The van der Waals surface area contributed by atoms with Crippen LogP contribution in [0.15, 0.2) is 59.4 Å². The molecule has 0 saturated carbocycles. The van der Waals surface area contributed by atoms with E-state index in [1.807, 2.05) is 50.3 Å². The van der Waals surface area contributed by atoms with Crippen LogP contribution in [0.2, 0.25) is 0 Å². The largest absolute Gasteiger partial charge is 0.318 e. The number of para-hydroxylation sites is 2. The van der Waals surface area contributed by atoms with Gasteiger partial charge >= 0.3 is 0 Å². The molecule has 0 radical (unpaired) electrons. The quantitative estimate of drug-likeness (QED) is 0.458. The fraction of sp³-hybridized carbons (Fsp3) is 0.0909. The number of fused-ring (bicyclic) bond motifs is 3. The van der Waals surface area contributed by atoms with Gasteiger partial charge in [0.1, 0.15) is 5.82 Å². The molecule has 2 aromatic carbocycles. The molecule has 0 N–H and O–H groups in total. The smallest absolute Gasteiger partial charge is 0.274 e. The third-order valence-corrected chi connectivity index (χ3v) is 5.96. The minimum absolute atomic E-state index is 0.0553. The Kier molecular flexibility index (Phi) is 3.70. The molecule has 6 heteroatoms. The summed E-state index contributed by atoms with van der Waals surface area (Å²) in [5, 5.41) is 0. The molecule has 5 rings (SSSR count). The standard InChI is InChI=1S/C22H16FN3OS/c1-13-11-15(14(2)25(13)17-9-7-16(23)8-10-17)12-20-21(27)26-19-6-4-3-5-18(19)24-22(26)28-20/h3-12H,1-2H3/b20-12-. The van der Waals surface area contributed by atoms with Gasteiger partial charge in [-0.25, -0.2) is 13.8 Å². The molecule has 0 bridgehead atoms. The molecule has 0 unspecified atom stereocenters. The lowest BCUT2D eigenvalue weighted by Gasteiger charge is -2.09. The van der Waals surface area contributed by atoms with Gasteiger partial charge in [-0.05, 0) is 68.0 Å².